The Morgan fingerprint density at radius 1 is 1.18 bits per heavy atom. The average Bonchev–Trinajstić information content (AvgIpc) is 3.50. The molecule has 0 saturated carbocycles. The minimum atomic E-state index is -4.83. The summed E-state index contributed by atoms with van der Waals surface area (Å²) in [5.41, 5.74) is 3.31. The predicted molar refractivity (Wildman–Crippen MR) is 130 cm³/mol. The van der Waals surface area contributed by atoms with Gasteiger partial charge < -0.3 is 30.9 Å². The van der Waals surface area contributed by atoms with Crippen LogP contribution < -0.4 is 10.5 Å². The fourth-order valence-corrected chi connectivity index (χ4v) is 5.67. The molecule has 0 bridgehead atoms. The Labute approximate surface area is 225 Å². The highest BCUT2D eigenvalue weighted by molar-refractivity contribution is 7.85. The van der Waals surface area contributed by atoms with E-state index in [4.69, 9.17) is 14.7 Å². The van der Waals surface area contributed by atoms with Crippen molar-refractivity contribution in [2.24, 2.45) is 0 Å². The van der Waals surface area contributed by atoms with Gasteiger partial charge in [0.25, 0.3) is 0 Å². The zero-order valence-corrected chi connectivity index (χ0v) is 21.3. The number of carbonyl (C=O) groups is 1. The summed E-state index contributed by atoms with van der Waals surface area (Å²) in [7, 11) is -4.83. The number of aliphatic hydroxyl groups is 4. The Morgan fingerprint density at radius 3 is 2.65 bits per heavy atom. The summed E-state index contributed by atoms with van der Waals surface area (Å²) in [4.78, 5) is 20.5. The molecule has 3 aromatic rings. The standard InChI is InChI=1S/C23H25F2N5O9S/c24-23(25)19(34)11-3-1-2-4-12(11)22(23,35)7-5-15(31)29-40(36,37)38-9-14-17(32)18(33)21(39-14)30-10-28-16-13(26)6-8-27-20(16)30/h1-4,6,8,10,14,17-19,21,32-35H,5,7,9H2,(H2,26,27)(H,29,31)/t14-,17-,18-,19+,21-,22-/m1/s1. The number of imidazole rings is 1. The summed E-state index contributed by atoms with van der Waals surface area (Å²) in [6.07, 6.45) is -7.18. The molecule has 1 aliphatic carbocycles. The van der Waals surface area contributed by atoms with Crippen LogP contribution in [0.1, 0.15) is 36.3 Å². The predicted octanol–water partition coefficient (Wildman–Crippen LogP) is -0.639. The number of nitrogens with zero attached hydrogens (tertiary/aromatic N) is 3. The Bertz CT molecular complexity index is 1550. The Hall–Kier alpha value is -3.32. The van der Waals surface area contributed by atoms with Crippen LogP contribution in [0.15, 0.2) is 42.9 Å². The first-order valence-corrected chi connectivity index (χ1v) is 13.3. The second-order valence-electron chi connectivity index (χ2n) is 9.51. The van der Waals surface area contributed by atoms with E-state index in [-0.39, 0.29) is 16.8 Å². The number of amides is 1. The van der Waals surface area contributed by atoms with Crippen molar-refractivity contribution in [1.29, 1.82) is 0 Å². The minimum absolute atomic E-state index is 0.204. The molecule has 1 aliphatic heterocycles. The van der Waals surface area contributed by atoms with Crippen LogP contribution in [0.4, 0.5) is 14.5 Å². The van der Waals surface area contributed by atoms with Gasteiger partial charge in [0.2, 0.25) is 5.91 Å². The molecule has 6 atom stereocenters. The number of hydrogen-bond donors (Lipinski definition) is 6. The number of anilines is 1. The molecule has 17 heteroatoms. The molecular formula is C23H25F2N5O9S. The number of aliphatic hydroxyl groups excluding tert-OH is 3. The number of nitrogen functional groups attached to an aromatic ring is 1. The average molecular weight is 586 g/mol. The number of rotatable bonds is 8. The highest BCUT2D eigenvalue weighted by atomic mass is 32.2. The quantitative estimate of drug-likeness (QED) is 0.194. The number of carbonyl (C=O) groups excluding carboxylic acids is 1. The summed E-state index contributed by atoms with van der Waals surface area (Å²) in [6.45, 7) is -0.832. The molecule has 216 valence electrons. The lowest BCUT2D eigenvalue weighted by molar-refractivity contribution is -0.226. The Morgan fingerprint density at radius 2 is 1.90 bits per heavy atom. The van der Waals surface area contributed by atoms with Gasteiger partial charge in [-0.25, -0.2) is 14.7 Å². The van der Waals surface area contributed by atoms with Crippen molar-refractivity contribution < 1.29 is 51.3 Å². The van der Waals surface area contributed by atoms with Crippen molar-refractivity contribution in [2.45, 2.75) is 55.0 Å². The molecule has 2 aromatic heterocycles. The van der Waals surface area contributed by atoms with Gasteiger partial charge in [-0.3, -0.25) is 13.5 Å². The van der Waals surface area contributed by atoms with E-state index >= 15 is 0 Å². The van der Waals surface area contributed by atoms with E-state index in [9.17, 15) is 42.4 Å². The van der Waals surface area contributed by atoms with E-state index in [0.29, 0.717) is 11.2 Å². The summed E-state index contributed by atoms with van der Waals surface area (Å²) < 4.78 is 67.2. The maximum atomic E-state index is 14.7. The number of nitrogens with two attached hydrogens (primary N) is 1. The van der Waals surface area contributed by atoms with Gasteiger partial charge in [0.15, 0.2) is 17.5 Å². The topological polar surface area (TPSA) is 219 Å². The van der Waals surface area contributed by atoms with Gasteiger partial charge in [0.1, 0.15) is 29.9 Å². The third-order valence-electron chi connectivity index (χ3n) is 7.04. The molecule has 0 unspecified atom stereocenters. The maximum Gasteiger partial charge on any atom is 0.362 e. The van der Waals surface area contributed by atoms with Crippen molar-refractivity contribution in [2.75, 3.05) is 12.3 Å². The van der Waals surface area contributed by atoms with Gasteiger partial charge in [-0.1, -0.05) is 24.3 Å². The fraction of sp³-hybridized carbons (Fsp3) is 0.435. The molecule has 1 aromatic carbocycles. The smallest absolute Gasteiger partial charge is 0.362 e. The number of benzene rings is 1. The van der Waals surface area contributed by atoms with Crippen LogP contribution in [-0.2, 0) is 29.6 Å². The number of alkyl halides is 2. The van der Waals surface area contributed by atoms with Gasteiger partial charge in [-0.2, -0.15) is 17.2 Å². The van der Waals surface area contributed by atoms with Crippen LogP contribution in [0.25, 0.3) is 11.2 Å². The van der Waals surface area contributed by atoms with Crippen molar-refractivity contribution in [3.8, 4) is 0 Å². The summed E-state index contributed by atoms with van der Waals surface area (Å²) in [5.74, 6) is -5.32. The summed E-state index contributed by atoms with van der Waals surface area (Å²) in [5, 5.41) is 41.5. The Balaban J connectivity index is 1.20. The molecule has 2 aliphatic rings. The lowest BCUT2D eigenvalue weighted by atomic mass is 9.88. The van der Waals surface area contributed by atoms with E-state index < -0.39 is 77.8 Å². The van der Waals surface area contributed by atoms with E-state index in [0.717, 1.165) is 0 Å². The monoisotopic (exact) mass is 585 g/mol. The van der Waals surface area contributed by atoms with Crippen molar-refractivity contribution in [3.05, 3.63) is 54.0 Å². The van der Waals surface area contributed by atoms with Crippen LogP contribution in [-0.4, -0.2) is 80.1 Å². The normalized spacial score (nSPS) is 29.5. The SMILES string of the molecule is Nc1ccnc2c1ncn2[C@@H]1O[C@H](COS(=O)(=O)NC(=O)CC[C@@]2(O)c3ccccc3[C@H](O)C2(F)F)[C@@H](O)[C@H]1O. The Kier molecular flexibility index (Phi) is 7.02. The van der Waals surface area contributed by atoms with Crippen molar-refractivity contribution in [3.63, 3.8) is 0 Å². The summed E-state index contributed by atoms with van der Waals surface area (Å²) in [6, 6.07) is 6.68. The molecule has 3 heterocycles. The van der Waals surface area contributed by atoms with E-state index in [1.165, 1.54) is 52.1 Å². The minimum Gasteiger partial charge on any atom is -0.397 e. The van der Waals surface area contributed by atoms with E-state index in [1.54, 1.807) is 0 Å². The second kappa shape index (κ2) is 9.95. The number of fused-ring (bicyclic) bond motifs is 2. The van der Waals surface area contributed by atoms with Crippen LogP contribution in [0.2, 0.25) is 0 Å². The highest BCUT2D eigenvalue weighted by Gasteiger charge is 2.64. The first-order chi connectivity index (χ1) is 18.8. The van der Waals surface area contributed by atoms with Gasteiger partial charge in [0.05, 0.1) is 18.6 Å². The van der Waals surface area contributed by atoms with Gasteiger partial charge >= 0.3 is 16.2 Å². The van der Waals surface area contributed by atoms with Crippen molar-refractivity contribution >= 4 is 33.1 Å². The molecule has 40 heavy (non-hydrogen) atoms. The molecule has 0 spiro atoms. The molecule has 1 amide bonds. The molecule has 7 N–H and O–H groups in total. The van der Waals surface area contributed by atoms with Gasteiger partial charge in [-0.15, -0.1) is 0 Å². The first kappa shape index (κ1) is 28.2. The molecule has 1 fully saturated rings. The van der Waals surface area contributed by atoms with Crippen LogP contribution in [0, 0.1) is 0 Å². The second-order valence-corrected chi connectivity index (χ2v) is 10.9. The number of nitrogens with one attached hydrogen (secondary N) is 1. The number of aromatic nitrogens is 3. The number of pyridine rings is 1. The van der Waals surface area contributed by atoms with E-state index in [1.807, 2.05) is 0 Å². The van der Waals surface area contributed by atoms with Crippen LogP contribution in [0.5, 0.6) is 0 Å². The van der Waals surface area contributed by atoms with Crippen molar-refractivity contribution in [1.82, 2.24) is 19.3 Å². The third-order valence-corrected chi connectivity index (χ3v) is 7.96. The zero-order chi connectivity index (χ0) is 29.0. The lowest BCUT2D eigenvalue weighted by Crippen LogP contribution is -2.45. The number of hydrogen-bond acceptors (Lipinski definition) is 12. The lowest BCUT2D eigenvalue weighted by Gasteiger charge is -2.31. The fourth-order valence-electron chi connectivity index (χ4n) is 4.92. The molecule has 5 rings (SSSR count). The number of ether oxygens (including phenoxy) is 1. The third kappa shape index (κ3) is 4.58. The number of halogens is 2. The van der Waals surface area contributed by atoms with E-state index in [2.05, 4.69) is 9.97 Å². The van der Waals surface area contributed by atoms with Gasteiger partial charge in [0, 0.05) is 12.6 Å². The van der Waals surface area contributed by atoms with Gasteiger partial charge in [-0.05, 0) is 23.6 Å². The first-order valence-electron chi connectivity index (χ1n) is 11.9. The molecular weight excluding hydrogens is 560 g/mol. The molecule has 0 radical (unpaired) electrons. The largest absolute Gasteiger partial charge is 0.397 e. The molecule has 1 saturated heterocycles. The van der Waals surface area contributed by atoms with Crippen LogP contribution in [0.3, 0.4) is 0 Å². The maximum absolute atomic E-state index is 14.7. The van der Waals surface area contributed by atoms with Crippen LogP contribution >= 0.6 is 0 Å². The zero-order valence-electron chi connectivity index (χ0n) is 20.5. The summed E-state index contributed by atoms with van der Waals surface area (Å²) >= 11 is 0. The highest BCUT2D eigenvalue weighted by Crippen LogP contribution is 2.56. The molecule has 14 nitrogen and oxygen atoms in total.